The largest absolute Gasteiger partial charge is 0.522 e. The molecule has 1 fully saturated rings. The van der Waals surface area contributed by atoms with Gasteiger partial charge in [-0.05, 0) is 19.6 Å². The molecule has 1 rings (SSSR count). The van der Waals surface area contributed by atoms with Crippen molar-refractivity contribution in [2.24, 2.45) is 0 Å². The lowest BCUT2D eigenvalue weighted by Gasteiger charge is -2.56. The van der Waals surface area contributed by atoms with Gasteiger partial charge in [0, 0.05) is 26.8 Å². The molecule has 0 spiro atoms. The summed E-state index contributed by atoms with van der Waals surface area (Å²) in [5.41, 5.74) is 0. The third-order valence-corrected chi connectivity index (χ3v) is 41.6. The van der Waals surface area contributed by atoms with E-state index in [1.54, 1.807) is 6.92 Å². The van der Waals surface area contributed by atoms with Gasteiger partial charge in [0.1, 0.15) is 7.11 Å². The predicted molar refractivity (Wildman–Crippen MR) is 84.4 cm³/mol. The van der Waals surface area contributed by atoms with Crippen LogP contribution in [0.5, 0.6) is 0 Å². The van der Waals surface area contributed by atoms with Crippen molar-refractivity contribution < 1.29 is 23.2 Å². The van der Waals surface area contributed by atoms with Crippen LogP contribution in [-0.4, -0.2) is 40.5 Å². The number of ether oxygens (including phenoxy) is 1. The van der Waals surface area contributed by atoms with Crippen LogP contribution in [0.25, 0.3) is 0 Å². The van der Waals surface area contributed by atoms with Gasteiger partial charge >= 0.3 is 5.97 Å². The van der Waals surface area contributed by atoms with Crippen molar-refractivity contribution in [3.05, 3.63) is 0 Å². The van der Waals surface area contributed by atoms with Crippen molar-refractivity contribution in [1.82, 2.24) is 0 Å². The molecule has 0 aromatic carbocycles. The summed E-state index contributed by atoms with van der Waals surface area (Å²) in [7, 11) is -6.25. The monoisotopic (exact) mass is 334 g/mol. The van der Waals surface area contributed by atoms with Crippen molar-refractivity contribution >= 4 is 34.7 Å². The number of carbonyl (C=O) groups excluding carboxylic acids is 2. The zero-order chi connectivity index (χ0) is 16.0. The minimum atomic E-state index is -2.32. The van der Waals surface area contributed by atoms with E-state index in [0.717, 1.165) is 0 Å². The summed E-state index contributed by atoms with van der Waals surface area (Å²) in [5.74, 6) is -1.56. The van der Waals surface area contributed by atoms with Gasteiger partial charge in [-0.3, -0.25) is 9.59 Å². The molecule has 20 heavy (non-hydrogen) atoms. The summed E-state index contributed by atoms with van der Waals surface area (Å²) in [6.45, 7) is 15.5. The fraction of sp³-hybridized carbons (Fsp3) is 0.833. The molecule has 1 aliphatic rings. The van der Waals surface area contributed by atoms with Crippen LogP contribution in [-0.2, 0) is 23.2 Å². The van der Waals surface area contributed by atoms with Gasteiger partial charge in [-0.2, -0.15) is 0 Å². The van der Waals surface area contributed by atoms with Gasteiger partial charge in [0.05, 0.1) is 0 Å². The standard InChI is InChI=1S/C12H26O5Si3/c1-10(13)15-12(3)9-20(8,16-11(2)14)19(6,7)18(4,5)17-12/h9H2,1-8H3. The zero-order valence-electron chi connectivity index (χ0n) is 13.7. The number of hydrogen-bond acceptors (Lipinski definition) is 5. The second-order valence-corrected chi connectivity index (χ2v) is 32.2. The zero-order valence-corrected chi connectivity index (χ0v) is 16.7. The number of hydrogen-bond donors (Lipinski definition) is 0. The van der Waals surface area contributed by atoms with E-state index in [1.807, 2.05) is 0 Å². The average Bonchev–Trinajstić information content (AvgIpc) is 2.09. The molecule has 1 heterocycles. The van der Waals surface area contributed by atoms with E-state index in [1.165, 1.54) is 13.8 Å². The first-order valence-corrected chi connectivity index (χ1v) is 17.4. The highest BCUT2D eigenvalue weighted by atomic mass is 29.7. The Morgan fingerprint density at radius 2 is 1.55 bits per heavy atom. The minimum absolute atomic E-state index is 0.239. The highest BCUT2D eigenvalue weighted by Crippen LogP contribution is 2.45. The molecule has 0 amide bonds. The molecule has 0 bridgehead atoms. The van der Waals surface area contributed by atoms with Crippen molar-refractivity contribution in [2.45, 2.75) is 65.3 Å². The first-order chi connectivity index (χ1) is 8.75. The Morgan fingerprint density at radius 3 is 1.95 bits per heavy atom. The molecular weight excluding hydrogens is 308 g/mol. The number of esters is 1. The maximum Gasteiger partial charge on any atom is 0.305 e. The Morgan fingerprint density at radius 1 is 1.05 bits per heavy atom. The van der Waals surface area contributed by atoms with Crippen molar-refractivity contribution in [3.8, 4) is 0 Å². The van der Waals surface area contributed by atoms with E-state index in [0.29, 0.717) is 6.04 Å². The molecule has 0 saturated carbocycles. The Balaban J connectivity index is 3.26. The molecule has 0 aromatic rings. The van der Waals surface area contributed by atoms with Gasteiger partial charge in [-0.15, -0.1) is 0 Å². The van der Waals surface area contributed by atoms with E-state index in [9.17, 15) is 9.59 Å². The lowest BCUT2D eigenvalue weighted by atomic mass is 10.4. The molecule has 0 aromatic heterocycles. The SMILES string of the molecule is CC(=O)OC1(C)C[Si](C)(OC(C)=O)[Si](C)(C)[Si](C)(C)O1. The van der Waals surface area contributed by atoms with Crippen molar-refractivity contribution in [2.75, 3.05) is 0 Å². The number of rotatable bonds is 2. The van der Waals surface area contributed by atoms with E-state index >= 15 is 0 Å². The predicted octanol–water partition coefficient (Wildman–Crippen LogP) is 2.50. The van der Waals surface area contributed by atoms with Crippen LogP contribution in [0.3, 0.4) is 0 Å². The van der Waals surface area contributed by atoms with Crippen LogP contribution < -0.4 is 0 Å². The lowest BCUT2D eigenvalue weighted by Crippen LogP contribution is -2.80. The Labute approximate surface area is 123 Å². The van der Waals surface area contributed by atoms with Gasteiger partial charge in [-0.1, -0.05) is 13.1 Å². The van der Waals surface area contributed by atoms with E-state index < -0.39 is 28.6 Å². The molecule has 5 nitrogen and oxygen atoms in total. The summed E-state index contributed by atoms with van der Waals surface area (Å²) in [5, 5.41) is 0. The molecule has 1 aliphatic heterocycles. The molecule has 8 heteroatoms. The molecule has 2 atom stereocenters. The van der Waals surface area contributed by atoms with Gasteiger partial charge in [0.25, 0.3) is 5.97 Å². The van der Waals surface area contributed by atoms with Crippen LogP contribution in [0.2, 0.25) is 38.8 Å². The number of carbonyl (C=O) groups is 2. The van der Waals surface area contributed by atoms with E-state index in [4.69, 9.17) is 13.6 Å². The Kier molecular flexibility index (Phi) is 4.47. The maximum atomic E-state index is 11.6. The highest BCUT2D eigenvalue weighted by Gasteiger charge is 2.68. The fourth-order valence-electron chi connectivity index (χ4n) is 3.02. The molecule has 0 radical (unpaired) electrons. The van der Waals surface area contributed by atoms with Gasteiger partial charge in [0.15, 0.2) is 7.83 Å². The van der Waals surface area contributed by atoms with Crippen LogP contribution in [0.15, 0.2) is 0 Å². The Hall–Kier alpha value is -0.449. The molecule has 0 N–H and O–H groups in total. The van der Waals surface area contributed by atoms with Crippen molar-refractivity contribution in [3.63, 3.8) is 0 Å². The topological polar surface area (TPSA) is 61.8 Å². The fourth-order valence-corrected chi connectivity index (χ4v) is 30.6. The molecule has 116 valence electrons. The summed E-state index contributed by atoms with van der Waals surface area (Å²) >= 11 is 0. The quantitative estimate of drug-likeness (QED) is 0.573. The summed E-state index contributed by atoms with van der Waals surface area (Å²) < 4.78 is 17.5. The minimum Gasteiger partial charge on any atom is -0.522 e. The maximum absolute atomic E-state index is 11.6. The second kappa shape index (κ2) is 5.08. The molecular formula is C12H26O5Si3. The molecule has 2 unspecified atom stereocenters. The average molecular weight is 335 g/mol. The van der Waals surface area contributed by atoms with Crippen LogP contribution in [0.1, 0.15) is 20.8 Å². The summed E-state index contributed by atoms with van der Waals surface area (Å²) in [6.07, 6.45) is 0. The normalized spacial score (nSPS) is 35.2. The van der Waals surface area contributed by atoms with Crippen LogP contribution >= 0.6 is 0 Å². The van der Waals surface area contributed by atoms with Gasteiger partial charge < -0.3 is 13.6 Å². The van der Waals surface area contributed by atoms with Gasteiger partial charge in [0.2, 0.25) is 13.6 Å². The summed E-state index contributed by atoms with van der Waals surface area (Å²) in [4.78, 5) is 22.9. The highest BCUT2D eigenvalue weighted by molar-refractivity contribution is 7.66. The second-order valence-electron chi connectivity index (χ2n) is 6.97. The summed E-state index contributed by atoms with van der Waals surface area (Å²) in [6, 6.07) is 0.523. The Bertz CT molecular complexity index is 437. The first kappa shape index (κ1) is 17.6. The molecule has 1 saturated heterocycles. The smallest absolute Gasteiger partial charge is 0.305 e. The lowest BCUT2D eigenvalue weighted by molar-refractivity contribution is -0.186. The van der Waals surface area contributed by atoms with Gasteiger partial charge in [-0.25, -0.2) is 0 Å². The van der Waals surface area contributed by atoms with Crippen molar-refractivity contribution in [1.29, 1.82) is 0 Å². The van der Waals surface area contributed by atoms with E-state index in [2.05, 4.69) is 32.7 Å². The third kappa shape index (κ3) is 3.07. The van der Waals surface area contributed by atoms with Crippen LogP contribution in [0.4, 0.5) is 0 Å². The molecule has 0 aliphatic carbocycles. The third-order valence-electron chi connectivity index (χ3n) is 4.69. The van der Waals surface area contributed by atoms with E-state index in [-0.39, 0.29) is 11.9 Å². The van der Waals surface area contributed by atoms with Crippen LogP contribution in [0, 0.1) is 0 Å². The first-order valence-electron chi connectivity index (χ1n) is 6.84.